The summed E-state index contributed by atoms with van der Waals surface area (Å²) >= 11 is 0. The maximum Gasteiger partial charge on any atom is 0.255 e. The predicted octanol–water partition coefficient (Wildman–Crippen LogP) is 4.43. The van der Waals surface area contributed by atoms with E-state index in [9.17, 15) is 9.18 Å². The monoisotopic (exact) mass is 470 g/mol. The van der Waals surface area contributed by atoms with Crippen LogP contribution >= 0.6 is 0 Å². The van der Waals surface area contributed by atoms with Crippen LogP contribution in [0.25, 0.3) is 11.3 Å². The molecule has 34 heavy (non-hydrogen) atoms. The lowest BCUT2D eigenvalue weighted by molar-refractivity contribution is 0.0947. The Bertz CT molecular complexity index is 1120. The number of H-pyrrole nitrogens is 1. The number of aromatic amines is 1. The number of rotatable bonds is 9. The molecule has 0 bridgehead atoms. The van der Waals surface area contributed by atoms with Crippen LogP contribution in [0.1, 0.15) is 42.2 Å². The highest BCUT2D eigenvalue weighted by atomic mass is 19.1. The fourth-order valence-electron chi connectivity index (χ4n) is 3.89. The van der Waals surface area contributed by atoms with Crippen molar-refractivity contribution in [2.45, 2.75) is 32.6 Å². The molecule has 0 atom stereocenters. The minimum Gasteiger partial charge on any atom is -0.492 e. The Balaban J connectivity index is 0.00000158. The van der Waals surface area contributed by atoms with E-state index in [1.165, 1.54) is 13.2 Å². The molecule has 0 spiro atoms. The first-order valence-electron chi connectivity index (χ1n) is 11.3. The van der Waals surface area contributed by atoms with Gasteiger partial charge in [0.05, 0.1) is 42.5 Å². The molecule has 1 aromatic carbocycles. The highest BCUT2D eigenvalue weighted by Gasteiger charge is 2.28. The van der Waals surface area contributed by atoms with Gasteiger partial charge in [-0.15, -0.1) is 0 Å². The maximum absolute atomic E-state index is 14.3. The van der Waals surface area contributed by atoms with Gasteiger partial charge in [-0.3, -0.25) is 9.78 Å². The largest absolute Gasteiger partial charge is 0.492 e. The number of nitrogens with zero attached hydrogens (tertiary/aromatic N) is 1. The Morgan fingerprint density at radius 2 is 2.06 bits per heavy atom. The van der Waals surface area contributed by atoms with Crippen molar-refractivity contribution in [3.63, 3.8) is 0 Å². The number of unbranched alkanes of at least 4 members (excludes halogenated alkanes) is 2. The number of fused-ring (bicyclic) bond motifs is 1. The van der Waals surface area contributed by atoms with Gasteiger partial charge in [0.2, 0.25) is 0 Å². The molecule has 4 N–H and O–H groups in total. The van der Waals surface area contributed by atoms with Gasteiger partial charge in [0.15, 0.2) is 11.6 Å². The third-order valence-electron chi connectivity index (χ3n) is 5.46. The summed E-state index contributed by atoms with van der Waals surface area (Å²) in [5.41, 5.74) is 3.75. The fraction of sp³-hybridized carbons (Fsp3) is 0.360. The number of hydrogen-bond acceptors (Lipinski definition) is 6. The van der Waals surface area contributed by atoms with E-state index in [-0.39, 0.29) is 11.7 Å². The highest BCUT2D eigenvalue weighted by molar-refractivity contribution is 6.06. The zero-order valence-corrected chi connectivity index (χ0v) is 19.7. The summed E-state index contributed by atoms with van der Waals surface area (Å²) in [4.78, 5) is 20.4. The van der Waals surface area contributed by atoms with Crippen LogP contribution in [0.4, 0.5) is 15.8 Å². The molecule has 0 saturated heterocycles. The van der Waals surface area contributed by atoms with Crippen LogP contribution < -0.4 is 20.1 Å². The van der Waals surface area contributed by atoms with Crippen LogP contribution in [0.2, 0.25) is 0 Å². The number of nitrogens with one attached hydrogen (secondary N) is 3. The molecule has 2 aromatic heterocycles. The lowest BCUT2D eigenvalue weighted by Crippen LogP contribution is -2.31. The number of ether oxygens (including phenoxy) is 2. The quantitative estimate of drug-likeness (QED) is 0.345. The maximum atomic E-state index is 14.3. The highest BCUT2D eigenvalue weighted by Crippen LogP contribution is 2.41. The summed E-state index contributed by atoms with van der Waals surface area (Å²) < 4.78 is 25.6. The van der Waals surface area contributed by atoms with E-state index in [4.69, 9.17) is 14.6 Å². The first-order valence-corrected chi connectivity index (χ1v) is 11.3. The van der Waals surface area contributed by atoms with Gasteiger partial charge in [-0.25, -0.2) is 4.39 Å². The predicted molar refractivity (Wildman–Crippen MR) is 129 cm³/mol. The minimum absolute atomic E-state index is 0.0791. The number of halogens is 1. The van der Waals surface area contributed by atoms with Crippen molar-refractivity contribution in [1.82, 2.24) is 15.3 Å². The van der Waals surface area contributed by atoms with Gasteiger partial charge in [0.25, 0.3) is 5.91 Å². The Kier molecular flexibility index (Phi) is 8.86. The third kappa shape index (κ3) is 5.31. The van der Waals surface area contributed by atoms with Gasteiger partial charge in [0, 0.05) is 37.5 Å². The van der Waals surface area contributed by atoms with Crippen LogP contribution in [-0.2, 0) is 6.42 Å². The number of amides is 1. The molecule has 0 saturated carbocycles. The molecule has 9 heteroatoms. The number of anilines is 2. The van der Waals surface area contributed by atoms with Gasteiger partial charge < -0.3 is 30.2 Å². The number of pyridine rings is 1. The summed E-state index contributed by atoms with van der Waals surface area (Å²) in [5, 5.41) is 13.1. The molecule has 0 radical (unpaired) electrons. The molecule has 0 fully saturated rings. The van der Waals surface area contributed by atoms with Crippen LogP contribution in [-0.4, -0.2) is 48.4 Å². The Hall–Kier alpha value is -3.59. The van der Waals surface area contributed by atoms with E-state index in [0.29, 0.717) is 48.0 Å². The van der Waals surface area contributed by atoms with Crippen molar-refractivity contribution in [1.29, 1.82) is 0 Å². The molecular formula is C25H31FN4O4. The number of benzene rings is 1. The SMILES string of the molecule is CCCCCOc1cnccc1-c1[nH]c2c(c1Nc1cccc(F)c1OC)C(=O)NCC2.CO. The average molecular weight is 471 g/mol. The molecule has 182 valence electrons. The van der Waals surface area contributed by atoms with Gasteiger partial charge in [-0.2, -0.15) is 0 Å². The van der Waals surface area contributed by atoms with E-state index >= 15 is 0 Å². The summed E-state index contributed by atoms with van der Waals surface area (Å²) in [6.07, 6.45) is 7.15. The average Bonchev–Trinajstić information content (AvgIpc) is 3.23. The second-order valence-electron chi connectivity index (χ2n) is 7.61. The van der Waals surface area contributed by atoms with Gasteiger partial charge in [-0.05, 0) is 24.6 Å². The number of para-hydroxylation sites is 1. The molecule has 8 nitrogen and oxygen atoms in total. The lowest BCUT2D eigenvalue weighted by Gasteiger charge is -2.17. The number of methoxy groups -OCH3 is 1. The molecule has 1 aliphatic rings. The van der Waals surface area contributed by atoms with Crippen molar-refractivity contribution in [2.75, 3.05) is 32.7 Å². The smallest absolute Gasteiger partial charge is 0.255 e. The minimum atomic E-state index is -0.489. The normalized spacial score (nSPS) is 12.2. The number of aliphatic hydroxyl groups is 1. The summed E-state index contributed by atoms with van der Waals surface area (Å²) in [5.74, 6) is 0.0232. The van der Waals surface area contributed by atoms with Crippen LogP contribution in [0.15, 0.2) is 36.7 Å². The Morgan fingerprint density at radius 1 is 1.24 bits per heavy atom. The van der Waals surface area contributed by atoms with Gasteiger partial charge in [-0.1, -0.05) is 25.8 Å². The van der Waals surface area contributed by atoms with Crippen LogP contribution in [0.3, 0.4) is 0 Å². The molecule has 3 heterocycles. The van der Waals surface area contributed by atoms with E-state index in [1.54, 1.807) is 24.5 Å². The summed E-state index contributed by atoms with van der Waals surface area (Å²) in [6.45, 7) is 3.27. The van der Waals surface area contributed by atoms with Crippen molar-refractivity contribution in [2.24, 2.45) is 0 Å². The molecule has 1 aliphatic heterocycles. The van der Waals surface area contributed by atoms with E-state index < -0.39 is 5.82 Å². The Morgan fingerprint density at radius 3 is 2.82 bits per heavy atom. The lowest BCUT2D eigenvalue weighted by atomic mass is 10.0. The van der Waals surface area contributed by atoms with Crippen molar-refractivity contribution >= 4 is 17.3 Å². The van der Waals surface area contributed by atoms with E-state index in [1.807, 2.05) is 6.07 Å². The van der Waals surface area contributed by atoms with Crippen LogP contribution in [0.5, 0.6) is 11.5 Å². The molecule has 1 amide bonds. The molecule has 0 aliphatic carbocycles. The second kappa shape index (κ2) is 12.0. The van der Waals surface area contributed by atoms with Crippen molar-refractivity contribution in [3.05, 3.63) is 53.7 Å². The number of aliphatic hydroxyl groups excluding tert-OH is 1. The third-order valence-corrected chi connectivity index (χ3v) is 5.46. The standard InChI is InChI=1S/C24H27FN4O3.CH4O/c1-3-4-5-13-32-19-14-26-11-9-15(19)21-22(20-17(28-21)10-12-27-24(20)30)29-18-8-6-7-16(25)23(18)31-2;1-2/h6-9,11,14,28-29H,3-5,10,12-13H2,1-2H3,(H,27,30);2H,1H3. The summed E-state index contributed by atoms with van der Waals surface area (Å²) in [6, 6.07) is 6.47. The molecule has 0 unspecified atom stereocenters. The Labute approximate surface area is 198 Å². The summed E-state index contributed by atoms with van der Waals surface area (Å²) in [7, 11) is 2.41. The zero-order valence-electron chi connectivity index (χ0n) is 19.7. The number of carbonyl (C=O) groups excluding carboxylic acids is 1. The number of hydrogen-bond donors (Lipinski definition) is 4. The van der Waals surface area contributed by atoms with Gasteiger partial charge in [0.1, 0.15) is 5.75 Å². The first kappa shape index (κ1) is 25.0. The first-order chi connectivity index (χ1) is 16.6. The number of carbonyl (C=O) groups is 1. The topological polar surface area (TPSA) is 109 Å². The van der Waals surface area contributed by atoms with Crippen molar-refractivity contribution in [3.8, 4) is 22.8 Å². The van der Waals surface area contributed by atoms with Crippen molar-refractivity contribution < 1.29 is 23.8 Å². The van der Waals surface area contributed by atoms with E-state index in [0.717, 1.165) is 37.6 Å². The zero-order chi connectivity index (χ0) is 24.5. The molecular weight excluding hydrogens is 439 g/mol. The second-order valence-corrected chi connectivity index (χ2v) is 7.61. The molecule has 4 rings (SSSR count). The van der Waals surface area contributed by atoms with Gasteiger partial charge >= 0.3 is 0 Å². The number of aromatic nitrogens is 2. The molecule has 3 aromatic rings. The van der Waals surface area contributed by atoms with E-state index in [2.05, 4.69) is 27.5 Å². The van der Waals surface area contributed by atoms with Crippen LogP contribution in [0, 0.1) is 5.82 Å². The fourth-order valence-corrected chi connectivity index (χ4v) is 3.89.